The first-order chi connectivity index (χ1) is 9.95. The minimum atomic E-state index is -0.969. The van der Waals surface area contributed by atoms with Gasteiger partial charge in [0.1, 0.15) is 0 Å². The largest absolute Gasteiger partial charge is 0.463 e. The molecule has 0 aromatic rings. The van der Waals surface area contributed by atoms with Crippen molar-refractivity contribution in [2.45, 2.75) is 32.4 Å². The molecule has 0 saturated carbocycles. The number of allylic oxidation sites excluding steroid dienone is 1. The van der Waals surface area contributed by atoms with Crippen LogP contribution in [0.1, 0.15) is 20.3 Å². The topological polar surface area (TPSA) is 72.9 Å². The van der Waals surface area contributed by atoms with Gasteiger partial charge in [0.05, 0.1) is 24.1 Å². The van der Waals surface area contributed by atoms with Crippen LogP contribution in [0.5, 0.6) is 0 Å². The number of hydrogen-bond acceptors (Lipinski definition) is 5. The highest BCUT2D eigenvalue weighted by atomic mass is 16.6. The van der Waals surface area contributed by atoms with Gasteiger partial charge in [-0.15, -0.1) is 0 Å². The predicted molar refractivity (Wildman–Crippen MR) is 74.1 cm³/mol. The predicted octanol–water partition coefficient (Wildman–Crippen LogP) is 0.824. The number of carbonyl (C=O) groups excluding carboxylic acids is 3. The van der Waals surface area contributed by atoms with Crippen molar-refractivity contribution in [3.63, 3.8) is 0 Å². The van der Waals surface area contributed by atoms with E-state index in [-0.39, 0.29) is 18.4 Å². The van der Waals surface area contributed by atoms with E-state index in [9.17, 15) is 14.4 Å². The molecule has 3 rings (SSSR count). The third-order valence-corrected chi connectivity index (χ3v) is 3.66. The first kappa shape index (κ1) is 15.3. The van der Waals surface area contributed by atoms with Crippen molar-refractivity contribution in [1.82, 2.24) is 4.90 Å². The molecule has 6 heteroatoms. The van der Waals surface area contributed by atoms with Gasteiger partial charge in [-0.2, -0.15) is 0 Å². The number of ether oxygens (including phenoxy) is 2. The Labute approximate surface area is 123 Å². The number of likely N-dealkylation sites (N-methyl/N-ethyl adjacent to an activating group) is 1. The van der Waals surface area contributed by atoms with E-state index in [1.807, 2.05) is 12.2 Å². The monoisotopic (exact) mass is 293 g/mol. The molecule has 2 unspecified atom stereocenters. The first-order valence-electron chi connectivity index (χ1n) is 6.98. The third-order valence-electron chi connectivity index (χ3n) is 3.66. The Kier molecular flexibility index (Phi) is 4.45. The standard InChI is InChI=1S/C15H19NO5/c1-4-20-14(18)9(2)21-15(19)11-7-5-10-6-8-12(11)16(3)13(10)17/h6-10,12H,4-5H2,1-3H3/t9-,10?,12?/m0/s1. The summed E-state index contributed by atoms with van der Waals surface area (Å²) < 4.78 is 9.94. The van der Waals surface area contributed by atoms with Crippen molar-refractivity contribution in [3.05, 3.63) is 23.8 Å². The highest BCUT2D eigenvalue weighted by Crippen LogP contribution is 2.29. The molecule has 3 atom stereocenters. The second-order valence-electron chi connectivity index (χ2n) is 5.08. The van der Waals surface area contributed by atoms with E-state index in [1.54, 1.807) is 20.0 Å². The highest BCUT2D eigenvalue weighted by Gasteiger charge is 2.37. The summed E-state index contributed by atoms with van der Waals surface area (Å²) in [5.41, 5.74) is 0.387. The van der Waals surface area contributed by atoms with E-state index < -0.39 is 24.1 Å². The van der Waals surface area contributed by atoms with E-state index in [1.165, 1.54) is 11.8 Å². The van der Waals surface area contributed by atoms with E-state index in [2.05, 4.69) is 0 Å². The van der Waals surface area contributed by atoms with Crippen LogP contribution in [0.2, 0.25) is 0 Å². The van der Waals surface area contributed by atoms with Gasteiger partial charge in [-0.05, 0) is 20.3 Å². The lowest BCUT2D eigenvalue weighted by molar-refractivity contribution is -0.164. The van der Waals surface area contributed by atoms with Crippen LogP contribution in [0.3, 0.4) is 0 Å². The van der Waals surface area contributed by atoms with Crippen molar-refractivity contribution < 1.29 is 23.9 Å². The van der Waals surface area contributed by atoms with Crippen molar-refractivity contribution in [3.8, 4) is 0 Å². The fourth-order valence-corrected chi connectivity index (χ4v) is 2.46. The van der Waals surface area contributed by atoms with Crippen LogP contribution in [-0.4, -0.2) is 48.5 Å². The average Bonchev–Trinajstić information content (AvgIpc) is 2.73. The smallest absolute Gasteiger partial charge is 0.347 e. The summed E-state index contributed by atoms with van der Waals surface area (Å²) in [6, 6.07) is -0.432. The molecule has 0 radical (unpaired) electrons. The molecule has 0 aromatic heterocycles. The molecule has 114 valence electrons. The number of amides is 1. The maximum atomic E-state index is 12.2. The van der Waals surface area contributed by atoms with Gasteiger partial charge in [0.25, 0.3) is 0 Å². The Morgan fingerprint density at radius 1 is 1.43 bits per heavy atom. The molecule has 2 aliphatic heterocycles. The molecule has 6 nitrogen and oxygen atoms in total. The summed E-state index contributed by atoms with van der Waals surface area (Å²) in [4.78, 5) is 37.3. The van der Waals surface area contributed by atoms with Crippen LogP contribution in [-0.2, 0) is 23.9 Å². The molecule has 0 spiro atoms. The molecule has 0 fully saturated rings. The second-order valence-corrected chi connectivity index (χ2v) is 5.08. The summed E-state index contributed by atoms with van der Waals surface area (Å²) in [5.74, 6) is -1.41. The number of nitrogens with zero attached hydrogens (tertiary/aromatic N) is 1. The van der Waals surface area contributed by atoms with Gasteiger partial charge in [-0.25, -0.2) is 9.59 Å². The van der Waals surface area contributed by atoms with Gasteiger partial charge in [0, 0.05) is 7.05 Å². The average molecular weight is 293 g/mol. The molecule has 1 amide bonds. The van der Waals surface area contributed by atoms with Crippen LogP contribution in [0.15, 0.2) is 23.8 Å². The fourth-order valence-electron chi connectivity index (χ4n) is 2.46. The summed E-state index contributed by atoms with van der Waals surface area (Å²) in [6.07, 6.45) is 4.86. The van der Waals surface area contributed by atoms with Crippen molar-refractivity contribution in [2.75, 3.05) is 13.7 Å². The molecule has 2 heterocycles. The second kappa shape index (κ2) is 6.11. The van der Waals surface area contributed by atoms with Gasteiger partial charge in [-0.3, -0.25) is 4.79 Å². The maximum Gasteiger partial charge on any atom is 0.347 e. The molecule has 0 N–H and O–H groups in total. The minimum Gasteiger partial charge on any atom is -0.463 e. The zero-order valence-corrected chi connectivity index (χ0v) is 12.4. The normalized spacial score (nSPS) is 25.2. The Hall–Kier alpha value is -2.11. The van der Waals surface area contributed by atoms with Crippen LogP contribution in [0.4, 0.5) is 0 Å². The third kappa shape index (κ3) is 2.99. The van der Waals surface area contributed by atoms with E-state index >= 15 is 0 Å². The molecule has 1 aliphatic carbocycles. The molecule has 21 heavy (non-hydrogen) atoms. The summed E-state index contributed by atoms with van der Waals surface area (Å²) in [6.45, 7) is 3.38. The van der Waals surface area contributed by atoms with Gasteiger partial charge < -0.3 is 14.4 Å². The number of esters is 2. The number of carbonyl (C=O) groups is 3. The first-order valence-corrected chi connectivity index (χ1v) is 6.98. The Balaban J connectivity index is 2.09. The molecule has 0 saturated heterocycles. The number of rotatable bonds is 4. The maximum absolute atomic E-state index is 12.2. The fraction of sp³-hybridized carbons (Fsp3) is 0.533. The van der Waals surface area contributed by atoms with Gasteiger partial charge in [-0.1, -0.05) is 18.2 Å². The lowest BCUT2D eigenvalue weighted by Crippen LogP contribution is -2.43. The highest BCUT2D eigenvalue weighted by molar-refractivity contribution is 5.95. The zero-order valence-electron chi connectivity index (χ0n) is 12.4. The molecule has 2 bridgehead atoms. The SMILES string of the molecule is CCOC(=O)[C@H](C)OC(=O)C1=CCC2C=CC1N(C)C2=O. The van der Waals surface area contributed by atoms with Crippen LogP contribution < -0.4 is 0 Å². The molecular weight excluding hydrogens is 274 g/mol. The number of fused-ring (bicyclic) bond motifs is 2. The van der Waals surface area contributed by atoms with Crippen LogP contribution in [0, 0.1) is 5.92 Å². The van der Waals surface area contributed by atoms with Gasteiger partial charge >= 0.3 is 11.9 Å². The summed E-state index contributed by atoms with van der Waals surface area (Å²) in [7, 11) is 1.66. The quantitative estimate of drug-likeness (QED) is 0.567. The van der Waals surface area contributed by atoms with Crippen molar-refractivity contribution in [1.29, 1.82) is 0 Å². The Morgan fingerprint density at radius 3 is 2.81 bits per heavy atom. The molecular formula is C15H19NO5. The lowest BCUT2D eigenvalue weighted by Gasteiger charge is -2.30. The van der Waals surface area contributed by atoms with Gasteiger partial charge in [0.2, 0.25) is 5.91 Å². The van der Waals surface area contributed by atoms with Crippen LogP contribution in [0.25, 0.3) is 0 Å². The summed E-state index contributed by atoms with van der Waals surface area (Å²) in [5, 5.41) is 0. The van der Waals surface area contributed by atoms with E-state index in [0.717, 1.165) is 0 Å². The van der Waals surface area contributed by atoms with Crippen LogP contribution >= 0.6 is 0 Å². The van der Waals surface area contributed by atoms with Gasteiger partial charge in [0.15, 0.2) is 6.10 Å². The number of hydrogen-bond donors (Lipinski definition) is 0. The molecule has 0 aromatic carbocycles. The van der Waals surface area contributed by atoms with Crippen molar-refractivity contribution >= 4 is 17.8 Å². The lowest BCUT2D eigenvalue weighted by atomic mass is 10.00. The minimum absolute atomic E-state index is 0.0139. The van der Waals surface area contributed by atoms with E-state index in [4.69, 9.17) is 9.47 Å². The summed E-state index contributed by atoms with van der Waals surface area (Å²) >= 11 is 0. The zero-order chi connectivity index (χ0) is 15.6. The van der Waals surface area contributed by atoms with E-state index in [0.29, 0.717) is 12.0 Å². The molecule has 3 aliphatic rings. The van der Waals surface area contributed by atoms with Crippen molar-refractivity contribution in [2.24, 2.45) is 5.92 Å². The Bertz CT molecular complexity index is 522. The Morgan fingerprint density at radius 2 is 2.14 bits per heavy atom.